The monoisotopic (exact) mass is 252 g/mol. The van der Waals surface area contributed by atoms with Gasteiger partial charge in [-0.2, -0.15) is 0 Å². The van der Waals surface area contributed by atoms with E-state index in [4.69, 9.17) is 0 Å². The molecule has 0 spiro atoms. The van der Waals surface area contributed by atoms with Crippen molar-refractivity contribution in [2.24, 2.45) is 0 Å². The van der Waals surface area contributed by atoms with Gasteiger partial charge in [-0.05, 0) is 37.5 Å². The lowest BCUT2D eigenvalue weighted by atomic mass is 10.1. The Balaban J connectivity index is 2.44. The Morgan fingerprint density at radius 3 is 2.78 bits per heavy atom. The minimum Gasteiger partial charge on any atom is -0.355 e. The molecule has 0 bridgehead atoms. The van der Waals surface area contributed by atoms with Gasteiger partial charge in [0.1, 0.15) is 5.82 Å². The number of halogens is 1. The summed E-state index contributed by atoms with van der Waals surface area (Å²) in [6, 6.07) is 4.72. The average molecular weight is 252 g/mol. The summed E-state index contributed by atoms with van der Waals surface area (Å²) in [6.07, 6.45) is 0.926. The average Bonchev–Trinajstić information content (AvgIpc) is 2.36. The number of rotatable bonds is 6. The lowest BCUT2D eigenvalue weighted by Crippen LogP contribution is -2.42. The summed E-state index contributed by atoms with van der Waals surface area (Å²) in [7, 11) is 0. The molecule has 0 aliphatic heterocycles. The van der Waals surface area contributed by atoms with Crippen molar-refractivity contribution in [3.8, 4) is 0 Å². The summed E-state index contributed by atoms with van der Waals surface area (Å²) < 4.78 is 13.1. The van der Waals surface area contributed by atoms with E-state index in [2.05, 4.69) is 10.6 Å². The maximum absolute atomic E-state index is 13.1. The molecule has 0 heterocycles. The van der Waals surface area contributed by atoms with Crippen LogP contribution in [0.5, 0.6) is 0 Å². The van der Waals surface area contributed by atoms with Gasteiger partial charge in [-0.1, -0.05) is 19.1 Å². The molecule has 0 fully saturated rings. The standard InChI is InChI=1S/C14H21FN2O/c1-4-7-16-14(18)11(3)17-9-12-5-6-13(15)10(2)8-12/h5-6,8,11,17H,4,7,9H2,1-3H3,(H,16,18). The fraction of sp³-hybridized carbons (Fsp3) is 0.500. The first-order valence-corrected chi connectivity index (χ1v) is 6.30. The van der Waals surface area contributed by atoms with Crippen LogP contribution in [0.3, 0.4) is 0 Å². The summed E-state index contributed by atoms with van der Waals surface area (Å²) in [5, 5.41) is 5.95. The molecule has 4 heteroatoms. The molecule has 1 aromatic carbocycles. The summed E-state index contributed by atoms with van der Waals surface area (Å²) in [5.41, 5.74) is 1.60. The third-order valence-electron chi connectivity index (χ3n) is 2.78. The zero-order valence-electron chi connectivity index (χ0n) is 11.2. The Morgan fingerprint density at radius 1 is 1.44 bits per heavy atom. The van der Waals surface area contributed by atoms with Crippen molar-refractivity contribution in [2.75, 3.05) is 6.54 Å². The molecule has 0 radical (unpaired) electrons. The number of carbonyl (C=O) groups is 1. The van der Waals surface area contributed by atoms with Gasteiger partial charge in [0.05, 0.1) is 6.04 Å². The third kappa shape index (κ3) is 4.45. The van der Waals surface area contributed by atoms with Crippen molar-refractivity contribution in [3.63, 3.8) is 0 Å². The quantitative estimate of drug-likeness (QED) is 0.814. The zero-order chi connectivity index (χ0) is 13.5. The number of hydrogen-bond donors (Lipinski definition) is 2. The summed E-state index contributed by atoms with van der Waals surface area (Å²) in [6.45, 7) is 6.82. The van der Waals surface area contributed by atoms with Crippen molar-refractivity contribution in [1.82, 2.24) is 10.6 Å². The number of nitrogens with one attached hydrogen (secondary N) is 2. The van der Waals surface area contributed by atoms with Crippen LogP contribution in [-0.2, 0) is 11.3 Å². The Kier molecular flexibility index (Phi) is 5.78. The molecule has 0 saturated carbocycles. The largest absolute Gasteiger partial charge is 0.355 e. The first-order valence-electron chi connectivity index (χ1n) is 6.30. The van der Waals surface area contributed by atoms with Gasteiger partial charge in [0.2, 0.25) is 5.91 Å². The van der Waals surface area contributed by atoms with E-state index in [1.165, 1.54) is 6.07 Å². The number of amides is 1. The fourth-order valence-electron chi connectivity index (χ4n) is 1.58. The number of hydrogen-bond acceptors (Lipinski definition) is 2. The molecular weight excluding hydrogens is 231 g/mol. The van der Waals surface area contributed by atoms with Crippen molar-refractivity contribution in [2.45, 2.75) is 39.8 Å². The summed E-state index contributed by atoms with van der Waals surface area (Å²) >= 11 is 0. The molecule has 0 aromatic heterocycles. The molecule has 1 amide bonds. The van der Waals surface area contributed by atoms with E-state index in [0.717, 1.165) is 12.0 Å². The van der Waals surface area contributed by atoms with Crippen LogP contribution in [0.25, 0.3) is 0 Å². The molecule has 3 nitrogen and oxygen atoms in total. The van der Waals surface area contributed by atoms with Gasteiger partial charge in [-0.3, -0.25) is 4.79 Å². The minimum absolute atomic E-state index is 0.00400. The predicted molar refractivity (Wildman–Crippen MR) is 70.7 cm³/mol. The van der Waals surface area contributed by atoms with Crippen molar-refractivity contribution < 1.29 is 9.18 Å². The molecule has 1 unspecified atom stereocenters. The third-order valence-corrected chi connectivity index (χ3v) is 2.78. The lowest BCUT2D eigenvalue weighted by molar-refractivity contribution is -0.122. The highest BCUT2D eigenvalue weighted by atomic mass is 19.1. The van der Waals surface area contributed by atoms with Gasteiger partial charge >= 0.3 is 0 Å². The van der Waals surface area contributed by atoms with Gasteiger partial charge in [-0.25, -0.2) is 4.39 Å². The van der Waals surface area contributed by atoms with E-state index < -0.39 is 0 Å². The smallest absolute Gasteiger partial charge is 0.236 e. The van der Waals surface area contributed by atoms with E-state index in [9.17, 15) is 9.18 Å². The van der Waals surface area contributed by atoms with E-state index in [-0.39, 0.29) is 17.8 Å². The van der Waals surface area contributed by atoms with Gasteiger partial charge < -0.3 is 10.6 Å². The van der Waals surface area contributed by atoms with Crippen LogP contribution < -0.4 is 10.6 Å². The molecule has 1 rings (SSSR count). The van der Waals surface area contributed by atoms with Crippen molar-refractivity contribution >= 4 is 5.91 Å². The van der Waals surface area contributed by atoms with Gasteiger partial charge in [-0.15, -0.1) is 0 Å². The Labute approximate surface area is 108 Å². The van der Waals surface area contributed by atoms with E-state index >= 15 is 0 Å². The van der Waals surface area contributed by atoms with Crippen LogP contribution in [0.1, 0.15) is 31.4 Å². The molecule has 0 aliphatic rings. The Bertz CT molecular complexity index is 407. The highest BCUT2D eigenvalue weighted by Crippen LogP contribution is 2.09. The van der Waals surface area contributed by atoms with Gasteiger partial charge in [0, 0.05) is 13.1 Å². The first kappa shape index (κ1) is 14.6. The van der Waals surface area contributed by atoms with E-state index in [0.29, 0.717) is 18.7 Å². The molecule has 2 N–H and O–H groups in total. The molecular formula is C14H21FN2O. The van der Waals surface area contributed by atoms with Crippen LogP contribution in [0.4, 0.5) is 4.39 Å². The Morgan fingerprint density at radius 2 is 2.17 bits per heavy atom. The SMILES string of the molecule is CCCNC(=O)C(C)NCc1ccc(F)c(C)c1. The molecule has 100 valence electrons. The lowest BCUT2D eigenvalue weighted by Gasteiger charge is -2.14. The highest BCUT2D eigenvalue weighted by molar-refractivity contribution is 5.81. The van der Waals surface area contributed by atoms with Crippen molar-refractivity contribution in [3.05, 3.63) is 35.1 Å². The highest BCUT2D eigenvalue weighted by Gasteiger charge is 2.11. The van der Waals surface area contributed by atoms with Crippen LogP contribution in [0.15, 0.2) is 18.2 Å². The van der Waals surface area contributed by atoms with E-state index in [1.807, 2.05) is 13.8 Å². The topological polar surface area (TPSA) is 41.1 Å². The summed E-state index contributed by atoms with van der Waals surface area (Å²) in [4.78, 5) is 11.6. The second-order valence-electron chi connectivity index (χ2n) is 4.48. The van der Waals surface area contributed by atoms with Gasteiger partial charge in [0.15, 0.2) is 0 Å². The van der Waals surface area contributed by atoms with Crippen LogP contribution in [0, 0.1) is 12.7 Å². The molecule has 1 atom stereocenters. The maximum atomic E-state index is 13.1. The second kappa shape index (κ2) is 7.11. The fourth-order valence-corrected chi connectivity index (χ4v) is 1.58. The number of benzene rings is 1. The molecule has 18 heavy (non-hydrogen) atoms. The normalized spacial score (nSPS) is 12.2. The number of aryl methyl sites for hydroxylation is 1. The van der Waals surface area contributed by atoms with E-state index in [1.54, 1.807) is 19.1 Å². The maximum Gasteiger partial charge on any atom is 0.236 e. The summed E-state index contributed by atoms with van der Waals surface area (Å²) in [5.74, 6) is -0.205. The molecule has 0 saturated heterocycles. The van der Waals surface area contributed by atoms with Crippen LogP contribution in [-0.4, -0.2) is 18.5 Å². The number of carbonyl (C=O) groups excluding carboxylic acids is 1. The second-order valence-corrected chi connectivity index (χ2v) is 4.48. The van der Waals surface area contributed by atoms with Gasteiger partial charge in [0.25, 0.3) is 0 Å². The minimum atomic E-state index is -0.248. The Hall–Kier alpha value is -1.42. The molecule has 1 aromatic rings. The van der Waals surface area contributed by atoms with Crippen LogP contribution in [0.2, 0.25) is 0 Å². The molecule has 0 aliphatic carbocycles. The zero-order valence-corrected chi connectivity index (χ0v) is 11.2. The van der Waals surface area contributed by atoms with Crippen LogP contribution >= 0.6 is 0 Å². The van der Waals surface area contributed by atoms with Crippen molar-refractivity contribution in [1.29, 1.82) is 0 Å². The predicted octanol–water partition coefficient (Wildman–Crippen LogP) is 2.14. The first-order chi connectivity index (χ1) is 8.54.